The molecule has 3 rings (SSSR count). The third kappa shape index (κ3) is 2.32. The molecule has 84 valence electrons. The number of rotatable bonds is 3. The van der Waals surface area contributed by atoms with Gasteiger partial charge in [-0.3, -0.25) is 0 Å². The maximum absolute atomic E-state index is 5.70. The van der Waals surface area contributed by atoms with Crippen molar-refractivity contribution in [2.45, 2.75) is 6.42 Å². The van der Waals surface area contributed by atoms with Crippen molar-refractivity contribution in [1.29, 1.82) is 0 Å². The second-order valence-electron chi connectivity index (χ2n) is 3.87. The molecule has 0 aliphatic carbocycles. The molecule has 1 aromatic carbocycles. The van der Waals surface area contributed by atoms with Crippen molar-refractivity contribution in [3.63, 3.8) is 0 Å². The lowest BCUT2D eigenvalue weighted by atomic mass is 10.2. The fourth-order valence-corrected chi connectivity index (χ4v) is 2.49. The molecule has 3 aromatic rings. The van der Waals surface area contributed by atoms with E-state index >= 15 is 0 Å². The molecule has 0 spiro atoms. The molecule has 2 heterocycles. The predicted molar refractivity (Wildman–Crippen MR) is 73.3 cm³/mol. The summed E-state index contributed by atoms with van der Waals surface area (Å²) in [6.45, 7) is 0. The van der Waals surface area contributed by atoms with Crippen LogP contribution in [0.5, 0.6) is 0 Å². The molecule has 2 heteroatoms. The molecule has 0 radical (unpaired) electrons. The minimum Gasteiger partial charge on any atom is -0.457 e. The lowest BCUT2D eigenvalue weighted by Crippen LogP contribution is -1.70. The molecule has 17 heavy (non-hydrogen) atoms. The van der Waals surface area contributed by atoms with Crippen LogP contribution < -0.4 is 0 Å². The summed E-state index contributed by atoms with van der Waals surface area (Å²) in [6, 6.07) is 14.4. The van der Waals surface area contributed by atoms with E-state index in [1.165, 1.54) is 4.88 Å². The molecule has 0 aliphatic heterocycles. The van der Waals surface area contributed by atoms with Crippen LogP contribution in [0.3, 0.4) is 0 Å². The average Bonchev–Trinajstić information content (AvgIpc) is 2.96. The monoisotopic (exact) mass is 240 g/mol. The van der Waals surface area contributed by atoms with Gasteiger partial charge in [0, 0.05) is 16.7 Å². The number of hydrogen-bond donors (Lipinski definition) is 0. The Morgan fingerprint density at radius 3 is 2.88 bits per heavy atom. The molecule has 0 atom stereocenters. The highest BCUT2D eigenvalue weighted by Gasteiger charge is 1.98. The SMILES string of the molecule is C(=Cc1cc2ccccc2o1)Cc1cccs1. The number of furan rings is 1. The number of thiophene rings is 1. The summed E-state index contributed by atoms with van der Waals surface area (Å²) in [7, 11) is 0. The molecule has 0 saturated heterocycles. The van der Waals surface area contributed by atoms with Crippen LogP contribution in [0.25, 0.3) is 17.0 Å². The highest BCUT2D eigenvalue weighted by Crippen LogP contribution is 2.20. The average molecular weight is 240 g/mol. The van der Waals surface area contributed by atoms with Gasteiger partial charge in [0.15, 0.2) is 0 Å². The van der Waals surface area contributed by atoms with Gasteiger partial charge in [-0.25, -0.2) is 0 Å². The van der Waals surface area contributed by atoms with Gasteiger partial charge in [-0.2, -0.15) is 0 Å². The maximum Gasteiger partial charge on any atom is 0.134 e. The van der Waals surface area contributed by atoms with Crippen molar-refractivity contribution in [3.05, 3.63) is 64.6 Å². The molecular formula is C15H12OS. The first-order valence-corrected chi connectivity index (χ1v) is 6.47. The van der Waals surface area contributed by atoms with Crippen molar-refractivity contribution in [2.24, 2.45) is 0 Å². The highest BCUT2D eigenvalue weighted by atomic mass is 32.1. The third-order valence-electron chi connectivity index (χ3n) is 2.63. The number of para-hydroxylation sites is 1. The quantitative estimate of drug-likeness (QED) is 0.644. The first-order chi connectivity index (χ1) is 8.42. The molecule has 1 nitrogen and oxygen atoms in total. The smallest absolute Gasteiger partial charge is 0.134 e. The van der Waals surface area contributed by atoms with Crippen LogP contribution in [-0.4, -0.2) is 0 Å². The molecule has 0 saturated carbocycles. The van der Waals surface area contributed by atoms with Gasteiger partial charge in [0.2, 0.25) is 0 Å². The summed E-state index contributed by atoms with van der Waals surface area (Å²) in [5.41, 5.74) is 0.947. The van der Waals surface area contributed by atoms with E-state index < -0.39 is 0 Å². The van der Waals surface area contributed by atoms with Gasteiger partial charge in [-0.05, 0) is 29.7 Å². The van der Waals surface area contributed by atoms with Gasteiger partial charge < -0.3 is 4.42 Å². The van der Waals surface area contributed by atoms with Crippen molar-refractivity contribution >= 4 is 28.4 Å². The summed E-state index contributed by atoms with van der Waals surface area (Å²) < 4.78 is 5.70. The van der Waals surface area contributed by atoms with Gasteiger partial charge in [0.25, 0.3) is 0 Å². The first-order valence-electron chi connectivity index (χ1n) is 5.59. The van der Waals surface area contributed by atoms with Gasteiger partial charge >= 0.3 is 0 Å². The summed E-state index contributed by atoms with van der Waals surface area (Å²) in [5.74, 6) is 0.919. The van der Waals surface area contributed by atoms with Crippen molar-refractivity contribution in [1.82, 2.24) is 0 Å². The number of hydrogen-bond acceptors (Lipinski definition) is 2. The molecule has 0 bridgehead atoms. The van der Waals surface area contributed by atoms with E-state index in [-0.39, 0.29) is 0 Å². The Kier molecular flexibility index (Phi) is 2.80. The molecular weight excluding hydrogens is 228 g/mol. The van der Waals surface area contributed by atoms with Crippen molar-refractivity contribution in [3.8, 4) is 0 Å². The fourth-order valence-electron chi connectivity index (χ4n) is 1.80. The minimum absolute atomic E-state index is 0.919. The molecule has 0 unspecified atom stereocenters. The summed E-state index contributed by atoms with van der Waals surface area (Å²) >= 11 is 1.78. The standard InChI is InChI=1S/C15H12OS/c1-2-9-15-12(5-1)11-13(16-15)6-3-7-14-8-4-10-17-14/h1-6,8-11H,7H2. The topological polar surface area (TPSA) is 13.1 Å². The van der Waals surface area contributed by atoms with Gasteiger partial charge in [-0.1, -0.05) is 30.3 Å². The van der Waals surface area contributed by atoms with Crippen molar-refractivity contribution in [2.75, 3.05) is 0 Å². The van der Waals surface area contributed by atoms with Crippen LogP contribution in [0.15, 0.2) is 58.3 Å². The van der Waals surface area contributed by atoms with E-state index in [9.17, 15) is 0 Å². The molecule has 0 N–H and O–H groups in total. The summed E-state index contributed by atoms with van der Waals surface area (Å²) in [4.78, 5) is 1.37. The third-order valence-corrected chi connectivity index (χ3v) is 3.52. The van der Waals surface area contributed by atoms with Crippen LogP contribution in [-0.2, 0) is 6.42 Å². The summed E-state index contributed by atoms with van der Waals surface area (Å²) in [6.07, 6.45) is 5.15. The number of fused-ring (bicyclic) bond motifs is 1. The predicted octanol–water partition coefficient (Wildman–Crippen LogP) is 4.75. The van der Waals surface area contributed by atoms with Crippen LogP contribution in [0.1, 0.15) is 10.6 Å². The van der Waals surface area contributed by atoms with Gasteiger partial charge in [0.05, 0.1) is 0 Å². The van der Waals surface area contributed by atoms with E-state index in [4.69, 9.17) is 4.42 Å². The molecule has 0 amide bonds. The van der Waals surface area contributed by atoms with E-state index in [0.717, 1.165) is 23.2 Å². The second kappa shape index (κ2) is 4.60. The molecule has 2 aromatic heterocycles. The van der Waals surface area contributed by atoms with E-state index in [2.05, 4.69) is 35.7 Å². The van der Waals surface area contributed by atoms with Crippen LogP contribution in [0.4, 0.5) is 0 Å². The maximum atomic E-state index is 5.70. The Morgan fingerprint density at radius 1 is 1.12 bits per heavy atom. The van der Waals surface area contributed by atoms with E-state index in [0.29, 0.717) is 0 Å². The van der Waals surface area contributed by atoms with Gasteiger partial charge in [0.1, 0.15) is 11.3 Å². The fraction of sp³-hybridized carbons (Fsp3) is 0.0667. The number of allylic oxidation sites excluding steroid dienone is 1. The number of benzene rings is 1. The van der Waals surface area contributed by atoms with E-state index in [1.807, 2.05) is 24.3 Å². The van der Waals surface area contributed by atoms with Crippen LogP contribution in [0, 0.1) is 0 Å². The lowest BCUT2D eigenvalue weighted by Gasteiger charge is -1.87. The minimum atomic E-state index is 0.919. The van der Waals surface area contributed by atoms with E-state index in [1.54, 1.807) is 11.3 Å². The lowest BCUT2D eigenvalue weighted by molar-refractivity contribution is 0.604. The summed E-state index contributed by atoms with van der Waals surface area (Å²) in [5, 5.41) is 3.26. The first kappa shape index (κ1) is 10.4. The Hall–Kier alpha value is -1.80. The Balaban J connectivity index is 1.78. The van der Waals surface area contributed by atoms with Crippen LogP contribution >= 0.6 is 11.3 Å². The van der Waals surface area contributed by atoms with Crippen LogP contribution in [0.2, 0.25) is 0 Å². The highest BCUT2D eigenvalue weighted by molar-refractivity contribution is 7.09. The Morgan fingerprint density at radius 2 is 2.06 bits per heavy atom. The Bertz CT molecular complexity index is 599. The normalized spacial score (nSPS) is 11.5. The zero-order valence-corrected chi connectivity index (χ0v) is 10.1. The molecule has 0 fully saturated rings. The Labute approximate surface area is 104 Å². The zero-order valence-electron chi connectivity index (χ0n) is 9.30. The largest absolute Gasteiger partial charge is 0.457 e. The van der Waals surface area contributed by atoms with Gasteiger partial charge in [-0.15, -0.1) is 11.3 Å². The zero-order chi connectivity index (χ0) is 11.5. The second-order valence-corrected chi connectivity index (χ2v) is 4.90. The molecule has 0 aliphatic rings. The van der Waals surface area contributed by atoms with Crippen molar-refractivity contribution < 1.29 is 4.42 Å².